The van der Waals surface area contributed by atoms with E-state index in [1.807, 2.05) is 0 Å². The molecule has 1 fully saturated rings. The molecule has 0 saturated heterocycles. The normalized spacial score (nSPS) is 15.8. The van der Waals surface area contributed by atoms with Crippen molar-refractivity contribution in [2.75, 3.05) is 13.2 Å². The van der Waals surface area contributed by atoms with E-state index >= 15 is 0 Å². The lowest BCUT2D eigenvalue weighted by molar-refractivity contribution is 0.183. The fraction of sp³-hybridized carbons (Fsp3) is 0.500. The molecule has 0 radical (unpaired) electrons. The van der Waals surface area contributed by atoms with Crippen LogP contribution in [0.15, 0.2) is 18.2 Å². The summed E-state index contributed by atoms with van der Waals surface area (Å²) in [5.41, 5.74) is 0.623. The number of hydrogen-bond acceptors (Lipinski definition) is 2. The van der Waals surface area contributed by atoms with E-state index in [1.165, 1.54) is 12.1 Å². The van der Waals surface area contributed by atoms with Crippen LogP contribution in [0.2, 0.25) is 0 Å². The maximum Gasteiger partial charge on any atom is 0.126 e. The Balaban J connectivity index is 2.05. The van der Waals surface area contributed by atoms with E-state index in [-0.39, 0.29) is 6.61 Å². The number of hydrogen-bond donors (Lipinski definition) is 1. The maximum atomic E-state index is 13.0. The van der Waals surface area contributed by atoms with E-state index in [0.29, 0.717) is 24.7 Å². The van der Waals surface area contributed by atoms with Gasteiger partial charge in [-0.25, -0.2) is 8.78 Å². The number of benzene rings is 1. The Morgan fingerprint density at radius 2 is 1.81 bits per heavy atom. The molecule has 1 saturated carbocycles. The molecule has 0 bridgehead atoms. The minimum Gasteiger partial charge on any atom is -0.395 e. The SMILES string of the molecule is OCCN(Cc1cc(F)cc(F)c1)C1CC1. The van der Waals surface area contributed by atoms with Gasteiger partial charge in [-0.15, -0.1) is 0 Å². The lowest BCUT2D eigenvalue weighted by atomic mass is 10.2. The number of aliphatic hydroxyl groups excluding tert-OH is 1. The second-order valence-electron chi connectivity index (χ2n) is 4.20. The molecule has 0 aliphatic heterocycles. The summed E-state index contributed by atoms with van der Waals surface area (Å²) in [7, 11) is 0. The van der Waals surface area contributed by atoms with Gasteiger partial charge in [0.15, 0.2) is 0 Å². The van der Waals surface area contributed by atoms with Crippen LogP contribution < -0.4 is 0 Å². The van der Waals surface area contributed by atoms with Gasteiger partial charge in [-0.2, -0.15) is 0 Å². The molecule has 0 unspecified atom stereocenters. The zero-order chi connectivity index (χ0) is 11.5. The van der Waals surface area contributed by atoms with E-state index in [9.17, 15) is 8.78 Å². The van der Waals surface area contributed by atoms with E-state index in [0.717, 1.165) is 18.9 Å². The Bertz CT molecular complexity index is 346. The third kappa shape index (κ3) is 3.00. The third-order valence-corrected chi connectivity index (χ3v) is 2.76. The first kappa shape index (κ1) is 11.5. The molecule has 1 aromatic carbocycles. The maximum absolute atomic E-state index is 13.0. The Labute approximate surface area is 93.5 Å². The highest BCUT2D eigenvalue weighted by atomic mass is 19.1. The fourth-order valence-electron chi connectivity index (χ4n) is 1.90. The quantitative estimate of drug-likeness (QED) is 0.830. The second-order valence-corrected chi connectivity index (χ2v) is 4.20. The summed E-state index contributed by atoms with van der Waals surface area (Å²) >= 11 is 0. The Morgan fingerprint density at radius 3 is 2.31 bits per heavy atom. The van der Waals surface area contributed by atoms with E-state index in [2.05, 4.69) is 4.90 Å². The van der Waals surface area contributed by atoms with Crippen molar-refractivity contribution < 1.29 is 13.9 Å². The van der Waals surface area contributed by atoms with Crippen molar-refractivity contribution in [2.24, 2.45) is 0 Å². The molecule has 0 aromatic heterocycles. The number of nitrogens with zero attached hydrogens (tertiary/aromatic N) is 1. The first-order chi connectivity index (χ1) is 7.69. The smallest absolute Gasteiger partial charge is 0.126 e. The van der Waals surface area contributed by atoms with Crippen molar-refractivity contribution in [3.63, 3.8) is 0 Å². The van der Waals surface area contributed by atoms with Crippen LogP contribution in [-0.4, -0.2) is 29.2 Å². The first-order valence-corrected chi connectivity index (χ1v) is 5.49. The zero-order valence-corrected chi connectivity index (χ0v) is 9.00. The summed E-state index contributed by atoms with van der Waals surface area (Å²) in [6, 6.07) is 4.03. The van der Waals surface area contributed by atoms with Gasteiger partial charge in [0.2, 0.25) is 0 Å². The van der Waals surface area contributed by atoms with Crippen molar-refractivity contribution in [1.82, 2.24) is 4.90 Å². The summed E-state index contributed by atoms with van der Waals surface area (Å²) < 4.78 is 25.9. The Hall–Kier alpha value is -1.00. The molecular weight excluding hydrogens is 212 g/mol. The molecule has 0 spiro atoms. The summed E-state index contributed by atoms with van der Waals surface area (Å²) in [6.07, 6.45) is 2.22. The van der Waals surface area contributed by atoms with E-state index in [4.69, 9.17) is 5.11 Å². The van der Waals surface area contributed by atoms with Crippen molar-refractivity contribution in [2.45, 2.75) is 25.4 Å². The lowest BCUT2D eigenvalue weighted by Gasteiger charge is -2.20. The fourth-order valence-corrected chi connectivity index (χ4v) is 1.90. The van der Waals surface area contributed by atoms with Gasteiger partial charge in [-0.3, -0.25) is 4.90 Å². The van der Waals surface area contributed by atoms with Crippen LogP contribution in [0.3, 0.4) is 0 Å². The molecule has 88 valence electrons. The van der Waals surface area contributed by atoms with Crippen molar-refractivity contribution >= 4 is 0 Å². The van der Waals surface area contributed by atoms with Crippen LogP contribution in [-0.2, 0) is 6.54 Å². The van der Waals surface area contributed by atoms with Crippen LogP contribution in [0.1, 0.15) is 18.4 Å². The largest absolute Gasteiger partial charge is 0.395 e. The second kappa shape index (κ2) is 4.89. The van der Waals surface area contributed by atoms with E-state index in [1.54, 1.807) is 0 Å². The van der Waals surface area contributed by atoms with Gasteiger partial charge >= 0.3 is 0 Å². The average Bonchev–Trinajstić information content (AvgIpc) is 2.98. The standard InChI is InChI=1S/C12H15F2NO/c13-10-5-9(6-11(14)7-10)8-15(3-4-16)12-1-2-12/h5-7,12,16H,1-4,8H2. The average molecular weight is 227 g/mol. The highest BCUT2D eigenvalue weighted by molar-refractivity contribution is 5.18. The molecule has 4 heteroatoms. The topological polar surface area (TPSA) is 23.5 Å². The van der Waals surface area contributed by atoms with Gasteiger partial charge in [-0.1, -0.05) is 0 Å². The minimum absolute atomic E-state index is 0.0777. The molecule has 1 aliphatic carbocycles. The van der Waals surface area contributed by atoms with Gasteiger partial charge in [0, 0.05) is 25.2 Å². The molecule has 2 nitrogen and oxygen atoms in total. The lowest BCUT2D eigenvalue weighted by Crippen LogP contribution is -2.28. The predicted molar refractivity (Wildman–Crippen MR) is 56.9 cm³/mol. The van der Waals surface area contributed by atoms with Gasteiger partial charge in [0.1, 0.15) is 11.6 Å². The molecule has 0 amide bonds. The molecule has 1 aromatic rings. The highest BCUT2D eigenvalue weighted by Gasteiger charge is 2.28. The molecule has 16 heavy (non-hydrogen) atoms. The third-order valence-electron chi connectivity index (χ3n) is 2.76. The Kier molecular flexibility index (Phi) is 3.51. The summed E-state index contributed by atoms with van der Waals surface area (Å²) in [4.78, 5) is 2.06. The van der Waals surface area contributed by atoms with Crippen molar-refractivity contribution in [3.05, 3.63) is 35.4 Å². The van der Waals surface area contributed by atoms with Gasteiger partial charge in [0.05, 0.1) is 6.61 Å². The number of aliphatic hydroxyl groups is 1. The number of rotatable bonds is 5. The van der Waals surface area contributed by atoms with Gasteiger partial charge < -0.3 is 5.11 Å². The summed E-state index contributed by atoms with van der Waals surface area (Å²) in [5, 5.41) is 8.91. The molecule has 2 rings (SSSR count). The molecule has 0 atom stereocenters. The van der Waals surface area contributed by atoms with Crippen LogP contribution >= 0.6 is 0 Å². The predicted octanol–water partition coefficient (Wildman–Crippen LogP) is 1.92. The van der Waals surface area contributed by atoms with Gasteiger partial charge in [0.25, 0.3) is 0 Å². The number of halogens is 2. The monoisotopic (exact) mass is 227 g/mol. The van der Waals surface area contributed by atoms with Crippen molar-refractivity contribution in [1.29, 1.82) is 0 Å². The highest BCUT2D eigenvalue weighted by Crippen LogP contribution is 2.28. The molecular formula is C12H15F2NO. The van der Waals surface area contributed by atoms with Crippen LogP contribution in [0.4, 0.5) is 8.78 Å². The Morgan fingerprint density at radius 1 is 1.19 bits per heavy atom. The molecule has 0 heterocycles. The molecule has 1 N–H and O–H groups in total. The van der Waals surface area contributed by atoms with Crippen LogP contribution in [0.25, 0.3) is 0 Å². The molecule has 1 aliphatic rings. The van der Waals surface area contributed by atoms with Crippen LogP contribution in [0.5, 0.6) is 0 Å². The zero-order valence-electron chi connectivity index (χ0n) is 9.00. The summed E-state index contributed by atoms with van der Waals surface area (Å²) in [6.45, 7) is 1.14. The summed E-state index contributed by atoms with van der Waals surface area (Å²) in [5.74, 6) is -1.09. The van der Waals surface area contributed by atoms with Gasteiger partial charge in [-0.05, 0) is 30.5 Å². The minimum atomic E-state index is -0.547. The first-order valence-electron chi connectivity index (χ1n) is 5.49. The van der Waals surface area contributed by atoms with Crippen LogP contribution in [0, 0.1) is 11.6 Å². The van der Waals surface area contributed by atoms with Crippen molar-refractivity contribution in [3.8, 4) is 0 Å². The van der Waals surface area contributed by atoms with E-state index < -0.39 is 11.6 Å².